The molecule has 0 fully saturated rings. The smallest absolute Gasteiger partial charge is 0.179 e. The summed E-state index contributed by atoms with van der Waals surface area (Å²) in [5.74, 6) is 0. The van der Waals surface area contributed by atoms with E-state index in [9.17, 15) is 0 Å². The van der Waals surface area contributed by atoms with Crippen LogP contribution in [0.3, 0.4) is 0 Å². The monoisotopic (exact) mass is 818 g/mol. The van der Waals surface area contributed by atoms with Crippen LogP contribution >= 0.6 is 0 Å². The molecule has 3 heteroatoms. The van der Waals surface area contributed by atoms with Gasteiger partial charge >= 0.3 is 0 Å². The minimum Gasteiger partial charge on any atom is -0.309 e. The van der Waals surface area contributed by atoms with E-state index in [-0.39, 0.29) is 0 Å². The van der Waals surface area contributed by atoms with Gasteiger partial charge in [0.1, 0.15) is 0 Å². The number of rotatable bonds is 8. The van der Waals surface area contributed by atoms with E-state index in [2.05, 4.69) is 264 Å². The lowest BCUT2D eigenvalue weighted by molar-refractivity contribution is 1.17. The van der Waals surface area contributed by atoms with Crippen molar-refractivity contribution in [3.8, 4) is 33.6 Å². The van der Waals surface area contributed by atoms with E-state index in [1.165, 1.54) is 86.6 Å². The van der Waals surface area contributed by atoms with E-state index in [1.54, 1.807) is 0 Å². The van der Waals surface area contributed by atoms with Crippen LogP contribution in [0.5, 0.6) is 0 Å². The van der Waals surface area contributed by atoms with E-state index in [0.717, 1.165) is 11.4 Å². The normalized spacial score (nSPS) is 11.8. The fourth-order valence-electron chi connectivity index (χ4n) is 10.3. The van der Waals surface area contributed by atoms with Gasteiger partial charge < -0.3 is 9.13 Å². The van der Waals surface area contributed by atoms with Crippen LogP contribution in [0.15, 0.2) is 255 Å². The molecule has 0 saturated carbocycles. The van der Waals surface area contributed by atoms with E-state index in [0.29, 0.717) is 0 Å². The van der Waals surface area contributed by atoms with Gasteiger partial charge in [-0.05, 0) is 91.5 Å². The van der Waals surface area contributed by atoms with Gasteiger partial charge in [0.25, 0.3) is 0 Å². The molecule has 0 N–H and O–H groups in total. The lowest BCUT2D eigenvalue weighted by Crippen LogP contribution is -2.74. The zero-order valence-corrected chi connectivity index (χ0v) is 35.6. The molecule has 0 atom stereocenters. The Labute approximate surface area is 368 Å². The van der Waals surface area contributed by atoms with Gasteiger partial charge in [-0.3, -0.25) is 0 Å². The summed E-state index contributed by atoms with van der Waals surface area (Å²) in [5, 5.41) is 10.5. The summed E-state index contributed by atoms with van der Waals surface area (Å²) in [6.45, 7) is 0. The third kappa shape index (κ3) is 5.93. The molecule has 0 saturated heterocycles. The first-order valence-corrected chi connectivity index (χ1v) is 23.8. The van der Waals surface area contributed by atoms with Gasteiger partial charge in [-0.2, -0.15) is 0 Å². The highest BCUT2D eigenvalue weighted by Gasteiger charge is 2.41. The number of benzene rings is 10. The maximum atomic E-state index is 2.51. The van der Waals surface area contributed by atoms with Crippen molar-refractivity contribution >= 4 is 72.4 Å². The zero-order valence-electron chi connectivity index (χ0n) is 34.6. The van der Waals surface area contributed by atoms with Crippen molar-refractivity contribution in [3.63, 3.8) is 0 Å². The third-order valence-electron chi connectivity index (χ3n) is 13.1. The number of hydrogen-bond acceptors (Lipinski definition) is 0. The molecule has 2 nitrogen and oxygen atoms in total. The third-order valence-corrected chi connectivity index (χ3v) is 17.8. The number of para-hydroxylation sites is 2. The number of nitrogens with zero attached hydrogens (tertiary/aromatic N) is 2. The summed E-state index contributed by atoms with van der Waals surface area (Å²) < 4.78 is 4.90. The van der Waals surface area contributed by atoms with Crippen LogP contribution < -0.4 is 20.7 Å². The summed E-state index contributed by atoms with van der Waals surface area (Å²) >= 11 is 0. The SMILES string of the molecule is c1ccc(-c2ccccc2-c2cccc(-n3c4ccccc4c4cc(-n5c6ccccc6c6cc([Si](c7ccccc7)(c7ccccc7)c7ccccc7)ccc65)ccc43)c2)cc1. The predicted molar refractivity (Wildman–Crippen MR) is 270 cm³/mol. The van der Waals surface area contributed by atoms with Gasteiger partial charge in [0.05, 0.1) is 22.1 Å². The van der Waals surface area contributed by atoms with Crippen LogP contribution in [0.25, 0.3) is 77.2 Å². The van der Waals surface area contributed by atoms with E-state index < -0.39 is 8.07 Å². The Balaban J connectivity index is 1.05. The number of aromatic nitrogens is 2. The van der Waals surface area contributed by atoms with Crippen LogP contribution in [0.2, 0.25) is 0 Å². The average Bonchev–Trinajstić information content (AvgIpc) is 3.88. The van der Waals surface area contributed by atoms with Gasteiger partial charge in [0.15, 0.2) is 8.07 Å². The second kappa shape index (κ2) is 15.2. The van der Waals surface area contributed by atoms with E-state index in [1.807, 2.05) is 0 Å². The molecule has 0 aliphatic heterocycles. The van der Waals surface area contributed by atoms with Crippen LogP contribution in [0.4, 0.5) is 0 Å². The lowest BCUT2D eigenvalue weighted by atomic mass is 9.94. The van der Waals surface area contributed by atoms with Crippen molar-refractivity contribution in [2.45, 2.75) is 0 Å². The van der Waals surface area contributed by atoms with Crippen molar-refractivity contribution < 1.29 is 0 Å². The Morgan fingerprint density at radius 2 is 0.651 bits per heavy atom. The second-order valence-corrected chi connectivity index (χ2v) is 20.3. The van der Waals surface area contributed by atoms with Crippen molar-refractivity contribution in [3.05, 3.63) is 255 Å². The Hall–Kier alpha value is -7.98. The fourth-order valence-corrected chi connectivity index (χ4v) is 15.1. The average molecular weight is 819 g/mol. The van der Waals surface area contributed by atoms with Gasteiger partial charge in [-0.15, -0.1) is 0 Å². The first kappa shape index (κ1) is 36.8. The topological polar surface area (TPSA) is 9.86 Å². The maximum absolute atomic E-state index is 2.73. The molecule has 2 heterocycles. The lowest BCUT2D eigenvalue weighted by Gasteiger charge is -2.34. The van der Waals surface area contributed by atoms with Gasteiger partial charge in [0, 0.05) is 32.9 Å². The highest BCUT2D eigenvalue weighted by Crippen LogP contribution is 2.39. The molecule has 0 amide bonds. The summed E-state index contributed by atoms with van der Waals surface area (Å²) in [6, 6.07) is 94.1. The molecule has 0 unspecified atom stereocenters. The van der Waals surface area contributed by atoms with Crippen LogP contribution in [-0.4, -0.2) is 17.2 Å². The molecule has 12 aromatic rings. The molecule has 2 aromatic heterocycles. The fraction of sp³-hybridized carbons (Fsp3) is 0. The molecular weight excluding hydrogens is 777 g/mol. The van der Waals surface area contributed by atoms with Crippen LogP contribution in [0, 0.1) is 0 Å². The van der Waals surface area contributed by atoms with E-state index >= 15 is 0 Å². The first-order valence-electron chi connectivity index (χ1n) is 21.8. The Kier molecular flexibility index (Phi) is 8.87. The largest absolute Gasteiger partial charge is 0.309 e. The summed E-state index contributed by atoms with van der Waals surface area (Å²) in [4.78, 5) is 0. The minimum absolute atomic E-state index is 1.14. The highest BCUT2D eigenvalue weighted by atomic mass is 28.3. The van der Waals surface area contributed by atoms with E-state index in [4.69, 9.17) is 0 Å². The molecular formula is C60H42N2Si. The Bertz CT molecular complexity index is 3510. The summed E-state index contributed by atoms with van der Waals surface area (Å²) in [7, 11) is -2.73. The summed E-state index contributed by atoms with van der Waals surface area (Å²) in [6.07, 6.45) is 0. The summed E-state index contributed by atoms with van der Waals surface area (Å²) in [5.41, 5.74) is 11.9. The van der Waals surface area contributed by atoms with Gasteiger partial charge in [-0.25, -0.2) is 0 Å². The molecule has 0 aliphatic rings. The molecule has 0 bridgehead atoms. The van der Waals surface area contributed by atoms with Crippen LogP contribution in [-0.2, 0) is 0 Å². The molecule has 63 heavy (non-hydrogen) atoms. The molecule has 0 radical (unpaired) electrons. The molecule has 10 aromatic carbocycles. The predicted octanol–water partition coefficient (Wildman–Crippen LogP) is 12.6. The van der Waals surface area contributed by atoms with Gasteiger partial charge in [-0.1, -0.05) is 206 Å². The second-order valence-electron chi connectivity index (χ2n) is 16.4. The standard InChI is InChI=1S/C60H42N2Si/c1-5-20-43(21-6-1)51-30-13-14-31-52(51)44-22-19-23-45(40-44)61-57-34-17-15-32-53(57)55-41-46(36-38-59(55)61)62-58-35-18-16-33-54(58)56-42-50(37-39-60(56)62)63(47-24-7-2-8-25-47,48-26-9-3-10-27-48)49-28-11-4-12-29-49/h1-42H. The van der Waals surface area contributed by atoms with Crippen molar-refractivity contribution in [1.29, 1.82) is 0 Å². The quantitative estimate of drug-likeness (QED) is 0.107. The van der Waals surface area contributed by atoms with Crippen molar-refractivity contribution in [2.24, 2.45) is 0 Å². The molecule has 0 aliphatic carbocycles. The van der Waals surface area contributed by atoms with Gasteiger partial charge in [0.2, 0.25) is 0 Å². The maximum Gasteiger partial charge on any atom is 0.179 e. The number of fused-ring (bicyclic) bond motifs is 6. The first-order chi connectivity index (χ1) is 31.3. The highest BCUT2D eigenvalue weighted by molar-refractivity contribution is 7.20. The van der Waals surface area contributed by atoms with Crippen LogP contribution in [0.1, 0.15) is 0 Å². The van der Waals surface area contributed by atoms with Crippen molar-refractivity contribution in [1.82, 2.24) is 9.13 Å². The molecule has 296 valence electrons. The zero-order chi connectivity index (χ0) is 41.7. The number of hydrogen-bond donors (Lipinski definition) is 0. The Morgan fingerprint density at radius 1 is 0.238 bits per heavy atom. The Morgan fingerprint density at radius 3 is 1.22 bits per heavy atom. The molecule has 0 spiro atoms. The van der Waals surface area contributed by atoms with Crippen molar-refractivity contribution in [2.75, 3.05) is 0 Å². The molecule has 12 rings (SSSR count). The minimum atomic E-state index is -2.73.